The lowest BCUT2D eigenvalue weighted by Gasteiger charge is -2.33. The monoisotopic (exact) mass is 319 g/mol. The van der Waals surface area contributed by atoms with Crippen molar-refractivity contribution < 1.29 is 14.3 Å². The van der Waals surface area contributed by atoms with Crippen LogP contribution in [0.15, 0.2) is 30.3 Å². The van der Waals surface area contributed by atoms with Crippen LogP contribution in [0.2, 0.25) is 0 Å². The first-order chi connectivity index (χ1) is 11.1. The third-order valence-corrected chi connectivity index (χ3v) is 4.11. The third kappa shape index (κ3) is 5.16. The maximum Gasteiger partial charge on any atom is 0.314 e. The molecule has 1 aliphatic rings. The molecule has 2 rings (SSSR count). The van der Waals surface area contributed by atoms with Crippen LogP contribution in [0.25, 0.3) is 0 Å². The van der Waals surface area contributed by atoms with Gasteiger partial charge < -0.3 is 20.3 Å². The summed E-state index contributed by atoms with van der Waals surface area (Å²) in [5.74, 6) is 0.776. The number of amides is 3. The minimum absolute atomic E-state index is 0.0793. The van der Waals surface area contributed by atoms with Gasteiger partial charge in [-0.3, -0.25) is 4.79 Å². The van der Waals surface area contributed by atoms with Gasteiger partial charge in [0.05, 0.1) is 12.5 Å². The second-order valence-electron chi connectivity index (χ2n) is 5.90. The van der Waals surface area contributed by atoms with E-state index in [1.54, 1.807) is 16.8 Å². The molecule has 1 saturated heterocycles. The standard InChI is InChI=1S/C17H25N3O3/c1-19(10-6-12-23-15-8-3-2-4-9-15)16(21)14-7-5-11-20(13-14)17(18)22/h2-4,8-9,14H,5-7,10-13H2,1H3,(H2,18,22)/t14-/m0/s1. The van der Waals surface area contributed by atoms with Crippen molar-refractivity contribution in [3.8, 4) is 5.75 Å². The second kappa shape index (κ2) is 8.41. The zero-order valence-corrected chi connectivity index (χ0v) is 13.6. The number of carbonyl (C=O) groups excluding carboxylic acids is 2. The molecule has 23 heavy (non-hydrogen) atoms. The number of primary amides is 1. The van der Waals surface area contributed by atoms with Crippen molar-refractivity contribution in [1.82, 2.24) is 9.80 Å². The summed E-state index contributed by atoms with van der Waals surface area (Å²) in [5, 5.41) is 0. The van der Waals surface area contributed by atoms with Gasteiger partial charge in [-0.15, -0.1) is 0 Å². The zero-order chi connectivity index (χ0) is 16.7. The van der Waals surface area contributed by atoms with E-state index in [1.807, 2.05) is 30.3 Å². The lowest BCUT2D eigenvalue weighted by atomic mass is 9.97. The number of nitrogens with two attached hydrogens (primary N) is 1. The summed E-state index contributed by atoms with van der Waals surface area (Å²) < 4.78 is 5.62. The summed E-state index contributed by atoms with van der Waals surface area (Å²) in [5.41, 5.74) is 5.30. The Morgan fingerprint density at radius 3 is 2.78 bits per heavy atom. The number of para-hydroxylation sites is 1. The zero-order valence-electron chi connectivity index (χ0n) is 13.6. The van der Waals surface area contributed by atoms with E-state index in [0.29, 0.717) is 26.2 Å². The number of rotatable bonds is 6. The number of ether oxygens (including phenoxy) is 1. The van der Waals surface area contributed by atoms with E-state index in [9.17, 15) is 9.59 Å². The van der Waals surface area contributed by atoms with Gasteiger partial charge in [-0.25, -0.2) is 4.79 Å². The van der Waals surface area contributed by atoms with E-state index >= 15 is 0 Å². The van der Waals surface area contributed by atoms with Gasteiger partial charge in [0.2, 0.25) is 5.91 Å². The smallest absolute Gasteiger partial charge is 0.314 e. The molecule has 1 aromatic rings. The predicted molar refractivity (Wildman–Crippen MR) is 88.1 cm³/mol. The van der Waals surface area contributed by atoms with Gasteiger partial charge in [-0.2, -0.15) is 0 Å². The quantitative estimate of drug-likeness (QED) is 0.811. The fourth-order valence-corrected chi connectivity index (χ4v) is 2.81. The number of likely N-dealkylation sites (tertiary alicyclic amines) is 1. The summed E-state index contributed by atoms with van der Waals surface area (Å²) in [6.07, 6.45) is 2.40. The van der Waals surface area contributed by atoms with Crippen LogP contribution in [0.1, 0.15) is 19.3 Å². The van der Waals surface area contributed by atoms with Gasteiger partial charge in [0.1, 0.15) is 5.75 Å². The average Bonchev–Trinajstić information content (AvgIpc) is 2.59. The van der Waals surface area contributed by atoms with Crippen molar-refractivity contribution in [3.63, 3.8) is 0 Å². The molecule has 6 heteroatoms. The lowest BCUT2D eigenvalue weighted by Crippen LogP contribution is -2.47. The number of hydrogen-bond acceptors (Lipinski definition) is 3. The molecule has 1 heterocycles. The Morgan fingerprint density at radius 2 is 2.09 bits per heavy atom. The Labute approximate surface area is 137 Å². The van der Waals surface area contributed by atoms with E-state index < -0.39 is 6.03 Å². The maximum atomic E-state index is 12.4. The van der Waals surface area contributed by atoms with Gasteiger partial charge in [-0.1, -0.05) is 18.2 Å². The Bertz CT molecular complexity index is 521. The summed E-state index contributed by atoms with van der Waals surface area (Å²) in [4.78, 5) is 27.0. The molecule has 1 aromatic carbocycles. The van der Waals surface area contributed by atoms with Gasteiger partial charge in [-0.05, 0) is 31.4 Å². The van der Waals surface area contributed by atoms with Crippen LogP contribution in [0.4, 0.5) is 4.79 Å². The first kappa shape index (κ1) is 17.1. The Balaban J connectivity index is 1.71. The first-order valence-electron chi connectivity index (χ1n) is 8.05. The molecule has 1 fully saturated rings. The van der Waals surface area contributed by atoms with Crippen molar-refractivity contribution in [3.05, 3.63) is 30.3 Å². The molecule has 0 spiro atoms. The molecule has 6 nitrogen and oxygen atoms in total. The largest absolute Gasteiger partial charge is 0.494 e. The van der Waals surface area contributed by atoms with Crippen LogP contribution in [-0.2, 0) is 4.79 Å². The van der Waals surface area contributed by atoms with Gasteiger partial charge in [0, 0.05) is 26.7 Å². The van der Waals surface area contributed by atoms with Crippen molar-refractivity contribution in [1.29, 1.82) is 0 Å². The number of carbonyl (C=O) groups is 2. The number of urea groups is 1. The minimum atomic E-state index is -0.443. The van der Waals surface area contributed by atoms with Crippen LogP contribution in [0, 0.1) is 5.92 Å². The topological polar surface area (TPSA) is 75.9 Å². The molecular weight excluding hydrogens is 294 g/mol. The second-order valence-corrected chi connectivity index (χ2v) is 5.90. The van der Waals surface area contributed by atoms with Crippen molar-refractivity contribution in [2.24, 2.45) is 11.7 Å². The number of benzene rings is 1. The molecule has 1 aliphatic heterocycles. The average molecular weight is 319 g/mol. The summed E-state index contributed by atoms with van der Waals surface area (Å²) in [6.45, 7) is 2.28. The maximum absolute atomic E-state index is 12.4. The van der Waals surface area contributed by atoms with Crippen molar-refractivity contribution >= 4 is 11.9 Å². The van der Waals surface area contributed by atoms with Crippen molar-refractivity contribution in [2.45, 2.75) is 19.3 Å². The van der Waals surface area contributed by atoms with E-state index in [0.717, 1.165) is 25.0 Å². The third-order valence-electron chi connectivity index (χ3n) is 4.11. The molecule has 0 aliphatic carbocycles. The summed E-state index contributed by atoms with van der Waals surface area (Å²) >= 11 is 0. The van der Waals surface area contributed by atoms with E-state index in [4.69, 9.17) is 10.5 Å². The normalized spacial score (nSPS) is 17.6. The fourth-order valence-electron chi connectivity index (χ4n) is 2.81. The molecule has 1 atom stereocenters. The molecule has 0 radical (unpaired) electrons. The Hall–Kier alpha value is -2.24. The van der Waals surface area contributed by atoms with Gasteiger partial charge in [0.15, 0.2) is 0 Å². The van der Waals surface area contributed by atoms with Crippen LogP contribution in [0.3, 0.4) is 0 Å². The molecule has 0 bridgehead atoms. The molecule has 0 saturated carbocycles. The number of nitrogens with zero attached hydrogens (tertiary/aromatic N) is 2. The molecular formula is C17H25N3O3. The van der Waals surface area contributed by atoms with E-state index in [1.165, 1.54) is 0 Å². The van der Waals surface area contributed by atoms with Crippen LogP contribution in [-0.4, -0.2) is 55.0 Å². The molecule has 0 unspecified atom stereocenters. The minimum Gasteiger partial charge on any atom is -0.494 e. The highest BCUT2D eigenvalue weighted by atomic mass is 16.5. The highest BCUT2D eigenvalue weighted by Gasteiger charge is 2.29. The van der Waals surface area contributed by atoms with Gasteiger partial charge >= 0.3 is 6.03 Å². The molecule has 2 N–H and O–H groups in total. The summed E-state index contributed by atoms with van der Waals surface area (Å²) in [7, 11) is 1.80. The van der Waals surface area contributed by atoms with Crippen LogP contribution >= 0.6 is 0 Å². The fraction of sp³-hybridized carbons (Fsp3) is 0.529. The number of piperidine rings is 1. The predicted octanol–water partition coefficient (Wildman–Crippen LogP) is 1.70. The summed E-state index contributed by atoms with van der Waals surface area (Å²) in [6, 6.07) is 9.18. The highest BCUT2D eigenvalue weighted by Crippen LogP contribution is 2.18. The lowest BCUT2D eigenvalue weighted by molar-refractivity contribution is -0.135. The van der Waals surface area contributed by atoms with Gasteiger partial charge in [0.25, 0.3) is 0 Å². The Morgan fingerprint density at radius 1 is 1.35 bits per heavy atom. The molecule has 0 aromatic heterocycles. The van der Waals surface area contributed by atoms with Crippen molar-refractivity contribution in [2.75, 3.05) is 33.3 Å². The highest BCUT2D eigenvalue weighted by molar-refractivity contribution is 5.80. The molecule has 126 valence electrons. The molecule has 3 amide bonds. The first-order valence-corrected chi connectivity index (χ1v) is 8.05. The van der Waals surface area contributed by atoms with E-state index in [2.05, 4.69) is 0 Å². The Kier molecular flexibility index (Phi) is 6.26. The SMILES string of the molecule is CN(CCCOc1ccccc1)C(=O)[C@H]1CCCN(C(N)=O)C1. The van der Waals surface area contributed by atoms with Crippen LogP contribution < -0.4 is 10.5 Å². The van der Waals surface area contributed by atoms with E-state index in [-0.39, 0.29) is 11.8 Å². The van der Waals surface area contributed by atoms with Crippen LogP contribution in [0.5, 0.6) is 5.75 Å². The number of hydrogen-bond donors (Lipinski definition) is 1.